The number of hydrogen-bond donors (Lipinski definition) is 2. The summed E-state index contributed by atoms with van der Waals surface area (Å²) in [7, 11) is 1.83. The Morgan fingerprint density at radius 3 is 2.61 bits per heavy atom. The molecule has 2 N–H and O–H groups in total. The Labute approximate surface area is 210 Å². The van der Waals surface area contributed by atoms with Gasteiger partial charge < -0.3 is 9.64 Å². The number of fused-ring (bicyclic) bond motifs is 1. The van der Waals surface area contributed by atoms with Crippen LogP contribution in [0.1, 0.15) is 18.4 Å². The van der Waals surface area contributed by atoms with Crippen molar-refractivity contribution in [2.75, 3.05) is 26.7 Å². The molecule has 1 fully saturated rings. The number of para-hydroxylation sites is 1. The number of likely N-dealkylation sites (tertiary alicyclic amines) is 1. The normalized spacial score (nSPS) is 22.7. The van der Waals surface area contributed by atoms with Crippen LogP contribution >= 0.6 is 0 Å². The molecule has 2 aliphatic heterocycles. The van der Waals surface area contributed by atoms with E-state index in [2.05, 4.69) is 23.2 Å². The fourth-order valence-corrected chi connectivity index (χ4v) is 5.33. The van der Waals surface area contributed by atoms with Gasteiger partial charge in [-0.05, 0) is 49.2 Å². The van der Waals surface area contributed by atoms with Gasteiger partial charge in [0.15, 0.2) is 0 Å². The quantitative estimate of drug-likeness (QED) is 0.425. The molecule has 0 aliphatic carbocycles. The lowest BCUT2D eigenvalue weighted by molar-refractivity contribution is -0.151. The predicted octanol–water partition coefficient (Wildman–Crippen LogP) is 3.12. The molecule has 0 bridgehead atoms. The van der Waals surface area contributed by atoms with Crippen LogP contribution in [-0.2, 0) is 9.59 Å². The van der Waals surface area contributed by atoms with Crippen LogP contribution in [-0.4, -0.2) is 70.6 Å². The van der Waals surface area contributed by atoms with Gasteiger partial charge >= 0.3 is 0 Å². The second kappa shape index (κ2) is 10.5. The highest BCUT2D eigenvalue weighted by molar-refractivity contribution is 5.90. The Morgan fingerprint density at radius 1 is 1.08 bits per heavy atom. The highest BCUT2D eigenvalue weighted by Crippen LogP contribution is 2.31. The standard InChI is InChI=1S/C28H30N4O4/c1-31-18-21(36-25-11-14-29-24-10-6-5-9-22(24)25)17-23(27(33)30-35)26(31)28(34)32-15-12-20(13-16-32)19-7-3-2-4-8-19/h2-12,14,21,23,26,35H,13,15-18H2,1H3,(H,30,33)/t21-,23?,26?/m0/s1. The predicted molar refractivity (Wildman–Crippen MR) is 136 cm³/mol. The van der Waals surface area contributed by atoms with Crippen LogP contribution in [0.15, 0.2) is 72.9 Å². The zero-order valence-electron chi connectivity index (χ0n) is 20.2. The molecular weight excluding hydrogens is 456 g/mol. The van der Waals surface area contributed by atoms with Crippen LogP contribution in [0.4, 0.5) is 0 Å². The van der Waals surface area contributed by atoms with E-state index in [9.17, 15) is 14.8 Å². The minimum Gasteiger partial charge on any atom is -0.488 e. The van der Waals surface area contributed by atoms with Crippen molar-refractivity contribution in [2.45, 2.75) is 25.0 Å². The average molecular weight is 487 g/mol. The van der Waals surface area contributed by atoms with E-state index in [1.807, 2.05) is 60.5 Å². The van der Waals surface area contributed by atoms with Crippen LogP contribution < -0.4 is 10.2 Å². The second-order valence-corrected chi connectivity index (χ2v) is 9.40. The molecule has 3 aromatic rings. The van der Waals surface area contributed by atoms with E-state index in [4.69, 9.17) is 4.74 Å². The first kappa shape index (κ1) is 24.0. The van der Waals surface area contributed by atoms with Gasteiger partial charge in [-0.15, -0.1) is 0 Å². The summed E-state index contributed by atoms with van der Waals surface area (Å²) in [6, 6.07) is 19.0. The third-order valence-electron chi connectivity index (χ3n) is 7.13. The van der Waals surface area contributed by atoms with E-state index in [-0.39, 0.29) is 12.0 Å². The molecular formula is C28H30N4O4. The van der Waals surface area contributed by atoms with Gasteiger partial charge in [0.2, 0.25) is 11.8 Å². The minimum atomic E-state index is -0.751. The first-order valence-corrected chi connectivity index (χ1v) is 12.2. The first-order chi connectivity index (χ1) is 17.5. The number of piperidine rings is 1. The molecule has 0 saturated carbocycles. The number of hydrogen-bond acceptors (Lipinski definition) is 6. The molecule has 186 valence electrons. The van der Waals surface area contributed by atoms with Gasteiger partial charge in [-0.25, -0.2) is 5.48 Å². The summed E-state index contributed by atoms with van der Waals surface area (Å²) in [5.74, 6) is -0.756. The maximum Gasteiger partial charge on any atom is 0.248 e. The molecule has 0 radical (unpaired) electrons. The lowest BCUT2D eigenvalue weighted by atomic mass is 9.86. The fourth-order valence-electron chi connectivity index (χ4n) is 5.33. The number of rotatable bonds is 5. The number of carbonyl (C=O) groups excluding carboxylic acids is 2. The molecule has 2 unspecified atom stereocenters. The Kier molecular flexibility index (Phi) is 6.97. The number of amides is 2. The molecule has 2 aromatic carbocycles. The number of aromatic nitrogens is 1. The van der Waals surface area contributed by atoms with Crippen molar-refractivity contribution in [3.05, 3.63) is 78.5 Å². The van der Waals surface area contributed by atoms with Crippen molar-refractivity contribution < 1.29 is 19.5 Å². The molecule has 5 rings (SSSR count). The van der Waals surface area contributed by atoms with Gasteiger partial charge in [-0.3, -0.25) is 24.7 Å². The summed E-state index contributed by atoms with van der Waals surface area (Å²) < 4.78 is 6.32. The largest absolute Gasteiger partial charge is 0.488 e. The van der Waals surface area contributed by atoms with E-state index in [1.54, 1.807) is 16.6 Å². The third-order valence-corrected chi connectivity index (χ3v) is 7.13. The second-order valence-electron chi connectivity index (χ2n) is 9.40. The van der Waals surface area contributed by atoms with Gasteiger partial charge in [0.25, 0.3) is 0 Å². The van der Waals surface area contributed by atoms with Crippen molar-refractivity contribution in [3.8, 4) is 5.75 Å². The van der Waals surface area contributed by atoms with Crippen molar-refractivity contribution in [3.63, 3.8) is 0 Å². The lowest BCUT2D eigenvalue weighted by Crippen LogP contribution is -2.60. The summed E-state index contributed by atoms with van der Waals surface area (Å²) in [4.78, 5) is 34.4. The van der Waals surface area contributed by atoms with Crippen molar-refractivity contribution >= 4 is 28.3 Å². The molecule has 0 spiro atoms. The van der Waals surface area contributed by atoms with Crippen molar-refractivity contribution in [1.82, 2.24) is 20.3 Å². The van der Waals surface area contributed by atoms with Crippen molar-refractivity contribution in [2.24, 2.45) is 5.92 Å². The number of ether oxygens (including phenoxy) is 1. The highest BCUT2D eigenvalue weighted by Gasteiger charge is 2.45. The van der Waals surface area contributed by atoms with E-state index >= 15 is 0 Å². The maximum atomic E-state index is 13.6. The molecule has 3 atom stereocenters. The Hall–Kier alpha value is -3.75. The number of nitrogens with zero attached hydrogens (tertiary/aromatic N) is 3. The van der Waals surface area contributed by atoms with Gasteiger partial charge in [0, 0.05) is 31.2 Å². The first-order valence-electron chi connectivity index (χ1n) is 12.2. The summed E-state index contributed by atoms with van der Waals surface area (Å²) in [5.41, 5.74) is 4.98. The average Bonchev–Trinajstić information content (AvgIpc) is 2.93. The summed E-state index contributed by atoms with van der Waals surface area (Å²) in [6.45, 7) is 1.55. The molecule has 8 nitrogen and oxygen atoms in total. The van der Waals surface area contributed by atoms with Gasteiger partial charge in [-0.1, -0.05) is 48.5 Å². The smallest absolute Gasteiger partial charge is 0.248 e. The van der Waals surface area contributed by atoms with Crippen LogP contribution in [0.2, 0.25) is 0 Å². The minimum absolute atomic E-state index is 0.109. The van der Waals surface area contributed by atoms with Crippen LogP contribution in [0, 0.1) is 5.92 Å². The summed E-state index contributed by atoms with van der Waals surface area (Å²) in [5, 5.41) is 10.3. The van der Waals surface area contributed by atoms with Crippen LogP contribution in [0.5, 0.6) is 5.75 Å². The SMILES string of the molecule is CN1C[C@@H](Oc2ccnc3ccccc23)CC(C(=O)NO)C1C(=O)N1CC=C(c2ccccc2)CC1. The van der Waals surface area contributed by atoms with Gasteiger partial charge in [0.05, 0.1) is 11.4 Å². The number of pyridine rings is 1. The molecule has 8 heteroatoms. The van der Waals surface area contributed by atoms with E-state index in [0.29, 0.717) is 31.8 Å². The Bertz CT molecular complexity index is 1270. The molecule has 2 aliphatic rings. The van der Waals surface area contributed by atoms with Crippen LogP contribution in [0.25, 0.3) is 16.5 Å². The summed E-state index contributed by atoms with van der Waals surface area (Å²) >= 11 is 0. The molecule has 1 saturated heterocycles. The molecule has 3 heterocycles. The maximum absolute atomic E-state index is 13.6. The lowest BCUT2D eigenvalue weighted by Gasteiger charge is -2.43. The number of nitrogens with one attached hydrogen (secondary N) is 1. The number of likely N-dealkylation sites (N-methyl/N-ethyl adjacent to an activating group) is 1. The van der Waals surface area contributed by atoms with E-state index in [0.717, 1.165) is 17.3 Å². The van der Waals surface area contributed by atoms with Gasteiger partial charge in [0.1, 0.15) is 17.9 Å². The molecule has 36 heavy (non-hydrogen) atoms. The van der Waals surface area contributed by atoms with E-state index in [1.165, 1.54) is 11.1 Å². The van der Waals surface area contributed by atoms with E-state index < -0.39 is 17.9 Å². The number of hydroxylamine groups is 1. The topological polar surface area (TPSA) is 95.0 Å². The van der Waals surface area contributed by atoms with Gasteiger partial charge in [-0.2, -0.15) is 0 Å². The summed E-state index contributed by atoms with van der Waals surface area (Å²) in [6.07, 6.45) is 4.51. The zero-order valence-corrected chi connectivity index (χ0v) is 20.2. The third kappa shape index (κ3) is 4.82. The number of carbonyl (C=O) groups is 2. The Morgan fingerprint density at radius 2 is 1.86 bits per heavy atom. The zero-order chi connectivity index (χ0) is 25.1. The number of benzene rings is 2. The molecule has 2 amide bonds. The van der Waals surface area contributed by atoms with Crippen molar-refractivity contribution in [1.29, 1.82) is 0 Å². The highest BCUT2D eigenvalue weighted by atomic mass is 16.5. The fraction of sp³-hybridized carbons (Fsp3) is 0.321. The van der Waals surface area contributed by atoms with Crippen LogP contribution in [0.3, 0.4) is 0 Å². The molecule has 1 aromatic heterocycles. The Balaban J connectivity index is 1.32. The monoisotopic (exact) mass is 486 g/mol.